The smallest absolute Gasteiger partial charge is 0.462 e. The van der Waals surface area contributed by atoms with Gasteiger partial charge in [0.05, 0.1) is 6.61 Å². The highest BCUT2D eigenvalue weighted by Gasteiger charge is 2.56. The largest absolute Gasteiger partial charge is 0.472 e. The topological polar surface area (TPSA) is 303 Å². The number of hydrogen-bond donors (Lipinski definition) is 8. The van der Waals surface area contributed by atoms with Gasteiger partial charge in [-0.25, -0.2) is 13.7 Å². The van der Waals surface area contributed by atoms with Crippen molar-refractivity contribution >= 4 is 35.4 Å². The van der Waals surface area contributed by atoms with Gasteiger partial charge in [0.1, 0.15) is 43.2 Å². The van der Waals surface area contributed by atoms with Crippen molar-refractivity contribution in [3.05, 3.63) is 0 Å². The van der Waals surface area contributed by atoms with Crippen molar-refractivity contribution in [2.24, 2.45) is 0 Å². The number of aliphatic hydroxyl groups is 3. The zero-order valence-corrected chi connectivity index (χ0v) is 43.2. The Hall–Kier alpha value is -0.850. The molecule has 0 amide bonds. The highest BCUT2D eigenvalue weighted by atomic mass is 31.2. The zero-order valence-electron chi connectivity index (χ0n) is 40.5. The van der Waals surface area contributed by atoms with Gasteiger partial charge in [0.25, 0.3) is 0 Å². The predicted octanol–water partition coefficient (Wildman–Crippen LogP) is 9.52. The first kappa shape index (κ1) is 64.2. The third-order valence-electron chi connectivity index (χ3n) is 11.9. The average molecular weight is 1030 g/mol. The second kappa shape index (κ2) is 37.9. The van der Waals surface area contributed by atoms with Gasteiger partial charge < -0.3 is 49.3 Å². The number of esters is 2. The van der Waals surface area contributed by atoms with Crippen LogP contribution in [0, 0.1) is 0 Å². The summed E-state index contributed by atoms with van der Waals surface area (Å²) in [4.78, 5) is 73.3. The molecule has 398 valence electrons. The molecule has 0 saturated heterocycles. The van der Waals surface area contributed by atoms with Gasteiger partial charge in [-0.05, 0) is 12.8 Å². The van der Waals surface area contributed by atoms with Crippen LogP contribution in [0.4, 0.5) is 0 Å². The van der Waals surface area contributed by atoms with Crippen molar-refractivity contribution in [1.29, 1.82) is 0 Å². The molecule has 1 fully saturated rings. The first-order valence-corrected chi connectivity index (χ1v) is 29.9. The Kier molecular flexibility index (Phi) is 36.3. The number of unbranched alkanes of at least 4 members (excludes halogenated alkanes) is 28. The Bertz CT molecular complexity index is 1380. The molecule has 0 aromatic heterocycles. The van der Waals surface area contributed by atoms with E-state index in [9.17, 15) is 63.1 Å². The molecule has 67 heavy (non-hydrogen) atoms. The van der Waals surface area contributed by atoms with Crippen LogP contribution in [0.2, 0.25) is 0 Å². The second-order valence-electron chi connectivity index (χ2n) is 18.1. The van der Waals surface area contributed by atoms with Crippen LogP contribution in [-0.2, 0) is 50.9 Å². The lowest BCUT2D eigenvalue weighted by atomic mass is 9.85. The number of phosphoric ester groups is 3. The van der Waals surface area contributed by atoms with E-state index >= 15 is 0 Å². The molecule has 4 unspecified atom stereocenters. The van der Waals surface area contributed by atoms with Gasteiger partial charge in [-0.3, -0.25) is 27.7 Å². The van der Waals surface area contributed by atoms with E-state index < -0.39 is 91.3 Å². The maximum Gasteiger partial charge on any atom is 0.472 e. The molecular formula is C45H89O19P3. The molecule has 22 heteroatoms. The van der Waals surface area contributed by atoms with Crippen LogP contribution < -0.4 is 0 Å². The summed E-state index contributed by atoms with van der Waals surface area (Å²) < 4.78 is 65.6. The Morgan fingerprint density at radius 2 is 0.701 bits per heavy atom. The summed E-state index contributed by atoms with van der Waals surface area (Å²) in [5, 5.41) is 31.9. The summed E-state index contributed by atoms with van der Waals surface area (Å²) in [6.45, 7) is 2.95. The van der Waals surface area contributed by atoms with E-state index in [1.54, 1.807) is 0 Å². The molecule has 1 aliphatic carbocycles. The van der Waals surface area contributed by atoms with Gasteiger partial charge >= 0.3 is 35.4 Å². The van der Waals surface area contributed by atoms with Crippen molar-refractivity contribution in [3.63, 3.8) is 0 Å². The molecular weight excluding hydrogens is 937 g/mol. The molecule has 8 N–H and O–H groups in total. The number of ether oxygens (including phenoxy) is 2. The fourth-order valence-corrected chi connectivity index (χ4v) is 10.2. The van der Waals surface area contributed by atoms with Gasteiger partial charge in [-0.1, -0.05) is 194 Å². The molecule has 0 aliphatic heterocycles. The summed E-state index contributed by atoms with van der Waals surface area (Å²) in [6.07, 6.45) is 18.2. The number of rotatable bonds is 44. The minimum Gasteiger partial charge on any atom is -0.462 e. The quantitative estimate of drug-likeness (QED) is 0.0160. The summed E-state index contributed by atoms with van der Waals surface area (Å²) in [5.74, 6) is -1.29. The number of carbonyl (C=O) groups excluding carboxylic acids is 2. The van der Waals surface area contributed by atoms with Gasteiger partial charge in [0, 0.05) is 12.8 Å². The normalized spacial score (nSPS) is 21.5. The van der Waals surface area contributed by atoms with Gasteiger partial charge in [0.2, 0.25) is 0 Å². The van der Waals surface area contributed by atoms with Crippen molar-refractivity contribution < 1.29 is 90.6 Å². The van der Waals surface area contributed by atoms with Crippen LogP contribution in [0.5, 0.6) is 0 Å². The van der Waals surface area contributed by atoms with E-state index in [-0.39, 0.29) is 12.8 Å². The van der Waals surface area contributed by atoms with Crippen molar-refractivity contribution in [1.82, 2.24) is 0 Å². The molecule has 0 aromatic carbocycles. The average Bonchev–Trinajstić information content (AvgIpc) is 3.25. The van der Waals surface area contributed by atoms with Crippen LogP contribution in [0.15, 0.2) is 0 Å². The molecule has 0 radical (unpaired) electrons. The molecule has 0 bridgehead atoms. The Labute approximate surface area is 400 Å². The van der Waals surface area contributed by atoms with Gasteiger partial charge in [-0.2, -0.15) is 0 Å². The number of carbonyl (C=O) groups is 2. The molecule has 19 nitrogen and oxygen atoms in total. The molecule has 0 aromatic rings. The first-order chi connectivity index (χ1) is 31.8. The van der Waals surface area contributed by atoms with E-state index in [1.807, 2.05) is 0 Å². The standard InChI is InChI=1S/C45H89O19P3/c1-3-5-7-9-11-13-15-17-19-21-23-25-27-29-31-33-38(46)59-35-37(61-39(47)34-32-30-28-26-24-22-20-18-16-14-12-10-8-6-4-2)36-60-67(57,58)64-45-41(49)43(62-65(51,52)53)40(48)44(42(45)50)63-66(54,55)56/h37,40-45,48-50H,3-36H2,1-2H3,(H,57,58)(H2,51,52,53)(H2,54,55,56)/t37?,40?,41-,42-,43-,44+,45?/m1/s1. The molecule has 0 heterocycles. The lowest BCUT2D eigenvalue weighted by Crippen LogP contribution is -2.65. The molecule has 1 aliphatic rings. The van der Waals surface area contributed by atoms with Gasteiger partial charge in [-0.15, -0.1) is 0 Å². The third-order valence-corrected chi connectivity index (χ3v) is 13.9. The first-order valence-electron chi connectivity index (χ1n) is 25.3. The lowest BCUT2D eigenvalue weighted by molar-refractivity contribution is -0.213. The fourth-order valence-electron chi connectivity index (χ4n) is 8.12. The van der Waals surface area contributed by atoms with E-state index in [2.05, 4.69) is 22.9 Å². The van der Waals surface area contributed by atoms with E-state index in [1.165, 1.54) is 128 Å². The number of hydrogen-bond acceptors (Lipinski definition) is 14. The van der Waals surface area contributed by atoms with Gasteiger partial charge in [0.15, 0.2) is 6.10 Å². The van der Waals surface area contributed by atoms with Crippen molar-refractivity contribution in [3.8, 4) is 0 Å². The monoisotopic (exact) mass is 1030 g/mol. The second-order valence-corrected chi connectivity index (χ2v) is 21.9. The Morgan fingerprint density at radius 1 is 0.418 bits per heavy atom. The summed E-state index contributed by atoms with van der Waals surface area (Å²) in [5.41, 5.74) is 0. The minimum atomic E-state index is -5.55. The van der Waals surface area contributed by atoms with Crippen LogP contribution in [-0.4, -0.2) is 108 Å². The van der Waals surface area contributed by atoms with Crippen molar-refractivity contribution in [2.75, 3.05) is 13.2 Å². The summed E-state index contributed by atoms with van der Waals surface area (Å²) >= 11 is 0. The highest BCUT2D eigenvalue weighted by Crippen LogP contribution is 2.51. The number of phosphoric acid groups is 3. The Morgan fingerprint density at radius 3 is 1.01 bits per heavy atom. The minimum absolute atomic E-state index is 0.000182. The number of aliphatic hydroxyl groups excluding tert-OH is 3. The van der Waals surface area contributed by atoms with Crippen LogP contribution in [0.1, 0.15) is 219 Å². The summed E-state index contributed by atoms with van der Waals surface area (Å²) in [7, 11) is -16.6. The molecule has 0 spiro atoms. The van der Waals surface area contributed by atoms with Crippen LogP contribution in [0.25, 0.3) is 0 Å². The summed E-state index contributed by atoms with van der Waals surface area (Å²) in [6, 6.07) is 0. The molecule has 1 rings (SSSR count). The maximum absolute atomic E-state index is 13.2. The van der Waals surface area contributed by atoms with Crippen LogP contribution >= 0.6 is 23.5 Å². The third kappa shape index (κ3) is 34.2. The highest BCUT2D eigenvalue weighted by molar-refractivity contribution is 7.47. The molecule has 1 saturated carbocycles. The lowest BCUT2D eigenvalue weighted by Gasteiger charge is -2.44. The van der Waals surface area contributed by atoms with E-state index in [4.69, 9.17) is 18.5 Å². The molecule has 8 atom stereocenters. The SMILES string of the molecule is CCCCCCCCCCCCCCCCCC(=O)OCC(COP(=O)(O)OC1[C@H](O)[C@H](OP(=O)(O)O)C(O)[C@H](OP(=O)(O)O)[C@H]1O)OC(=O)CCCCCCCCCCCCCCCCC. The Balaban J connectivity index is 2.70. The fraction of sp³-hybridized carbons (Fsp3) is 0.956. The van der Waals surface area contributed by atoms with Crippen molar-refractivity contribution in [2.45, 2.75) is 262 Å². The van der Waals surface area contributed by atoms with E-state index in [0.717, 1.165) is 51.4 Å². The van der Waals surface area contributed by atoms with E-state index in [0.29, 0.717) is 12.8 Å². The van der Waals surface area contributed by atoms with Crippen LogP contribution in [0.3, 0.4) is 0 Å². The zero-order chi connectivity index (χ0) is 50.0. The predicted molar refractivity (Wildman–Crippen MR) is 252 cm³/mol. The maximum atomic E-state index is 13.2.